The van der Waals surface area contributed by atoms with E-state index in [9.17, 15) is 39.4 Å². The van der Waals surface area contributed by atoms with Crippen LogP contribution in [0.2, 0.25) is 0 Å². The molecule has 1 aromatic carbocycles. The first kappa shape index (κ1) is 21.9. The van der Waals surface area contributed by atoms with Gasteiger partial charge in [0.05, 0.1) is 34.4 Å². The lowest BCUT2D eigenvalue weighted by Crippen LogP contribution is -2.28. The van der Waals surface area contributed by atoms with Crippen LogP contribution in [-0.2, 0) is 28.7 Å². The lowest BCUT2D eigenvalue weighted by atomic mass is 10.2. The number of ether oxygens (including phenoxy) is 2. The van der Waals surface area contributed by atoms with Gasteiger partial charge in [-0.05, 0) is 13.8 Å². The number of rotatable bonds is 6. The van der Waals surface area contributed by atoms with Crippen molar-refractivity contribution in [3.63, 3.8) is 0 Å². The summed E-state index contributed by atoms with van der Waals surface area (Å²) >= 11 is 0. The van der Waals surface area contributed by atoms with Gasteiger partial charge in [-0.3, -0.25) is 29.8 Å². The number of nitrogens with one attached hydrogen (secondary N) is 2. The molecular weight excluding hydrogens is 384 g/mol. The summed E-state index contributed by atoms with van der Waals surface area (Å²) in [6, 6.07) is 1.10. The molecule has 0 radical (unpaired) electrons. The summed E-state index contributed by atoms with van der Waals surface area (Å²) < 4.78 is 8.90. The van der Waals surface area contributed by atoms with Gasteiger partial charge in [-0.2, -0.15) is 0 Å². The molecule has 0 heterocycles. The molecule has 14 heteroatoms. The van der Waals surface area contributed by atoms with Crippen LogP contribution in [0.15, 0.2) is 12.1 Å². The molecular formula is C14H14N4O10. The minimum Gasteiger partial charge on any atom is -0.459 e. The Morgan fingerprint density at radius 1 is 0.821 bits per heavy atom. The lowest BCUT2D eigenvalue weighted by Gasteiger charge is -2.11. The van der Waals surface area contributed by atoms with Crippen molar-refractivity contribution in [3.8, 4) is 0 Å². The Hall–Kier alpha value is -4.10. The fraction of sp³-hybridized carbons (Fsp3) is 0.286. The number of amides is 2. The van der Waals surface area contributed by atoms with Crippen LogP contribution in [-0.4, -0.2) is 46.8 Å². The van der Waals surface area contributed by atoms with Crippen molar-refractivity contribution in [2.45, 2.75) is 13.8 Å². The van der Waals surface area contributed by atoms with Crippen LogP contribution in [0.4, 0.5) is 22.7 Å². The topological polar surface area (TPSA) is 197 Å². The van der Waals surface area contributed by atoms with Crippen molar-refractivity contribution in [2.24, 2.45) is 0 Å². The monoisotopic (exact) mass is 398 g/mol. The van der Waals surface area contributed by atoms with Gasteiger partial charge in [-0.1, -0.05) is 0 Å². The highest BCUT2D eigenvalue weighted by atomic mass is 16.6. The largest absolute Gasteiger partial charge is 0.459 e. The van der Waals surface area contributed by atoms with E-state index in [1.165, 1.54) is 13.8 Å². The van der Waals surface area contributed by atoms with Crippen molar-refractivity contribution in [1.82, 2.24) is 0 Å². The molecule has 0 aliphatic carbocycles. The fourth-order valence-corrected chi connectivity index (χ4v) is 1.82. The van der Waals surface area contributed by atoms with E-state index in [4.69, 9.17) is 0 Å². The molecule has 0 aromatic heterocycles. The molecule has 0 spiro atoms. The van der Waals surface area contributed by atoms with Crippen molar-refractivity contribution in [3.05, 3.63) is 32.4 Å². The minimum atomic E-state index is -1.36. The summed E-state index contributed by atoms with van der Waals surface area (Å²) in [5.74, 6) is -5.41. The molecule has 0 aliphatic heterocycles. The number of carbonyl (C=O) groups is 4. The van der Waals surface area contributed by atoms with Crippen LogP contribution in [0, 0.1) is 20.2 Å². The third kappa shape index (κ3) is 5.45. The first-order valence-corrected chi connectivity index (χ1v) is 7.55. The maximum Gasteiger partial charge on any atom is 0.397 e. The van der Waals surface area contributed by atoms with E-state index in [0.717, 1.165) is 0 Å². The molecule has 0 bridgehead atoms. The lowest BCUT2D eigenvalue weighted by molar-refractivity contribution is -0.422. The van der Waals surface area contributed by atoms with Crippen molar-refractivity contribution < 1.29 is 38.5 Å². The van der Waals surface area contributed by atoms with E-state index in [1.54, 1.807) is 0 Å². The Balaban J connectivity index is 3.41. The number of benzene rings is 1. The molecule has 0 fully saturated rings. The third-order valence-corrected chi connectivity index (χ3v) is 2.93. The van der Waals surface area contributed by atoms with Crippen molar-refractivity contribution in [2.75, 3.05) is 23.8 Å². The third-order valence-electron chi connectivity index (χ3n) is 2.93. The molecule has 28 heavy (non-hydrogen) atoms. The summed E-state index contributed by atoms with van der Waals surface area (Å²) in [5.41, 5.74) is -3.16. The van der Waals surface area contributed by atoms with Crippen molar-refractivity contribution in [1.29, 1.82) is 0 Å². The van der Waals surface area contributed by atoms with Gasteiger partial charge in [0.25, 0.3) is 0 Å². The van der Waals surface area contributed by atoms with E-state index in [-0.39, 0.29) is 13.2 Å². The number of carbonyl (C=O) groups excluding carboxylic acids is 4. The highest BCUT2D eigenvalue weighted by Crippen LogP contribution is 2.36. The van der Waals surface area contributed by atoms with Gasteiger partial charge in [0.1, 0.15) is 0 Å². The smallest absolute Gasteiger partial charge is 0.397 e. The number of esters is 2. The zero-order valence-electron chi connectivity index (χ0n) is 14.5. The van der Waals surface area contributed by atoms with E-state index in [2.05, 4.69) is 9.47 Å². The molecule has 0 saturated heterocycles. The summed E-state index contributed by atoms with van der Waals surface area (Å²) in [6.45, 7) is 2.57. The van der Waals surface area contributed by atoms with Crippen LogP contribution < -0.4 is 10.6 Å². The highest BCUT2D eigenvalue weighted by molar-refractivity contribution is 6.39. The first-order valence-electron chi connectivity index (χ1n) is 7.55. The predicted octanol–water partition coefficient (Wildman–Crippen LogP) is 0.506. The molecule has 14 nitrogen and oxygen atoms in total. The van der Waals surface area contributed by atoms with Crippen molar-refractivity contribution >= 4 is 46.5 Å². The Kier molecular flexibility index (Phi) is 7.49. The molecule has 2 amide bonds. The van der Waals surface area contributed by atoms with Gasteiger partial charge in [0.2, 0.25) is 0 Å². The second-order valence-corrected chi connectivity index (χ2v) is 4.75. The maximum absolute atomic E-state index is 11.8. The SMILES string of the molecule is CCOC(=O)C(=O)Nc1cc([N+](=O)[O-])c([N+](=O)[O-])cc1NC(=O)C(=O)OCC. The zero-order chi connectivity index (χ0) is 21.4. The molecule has 0 aliphatic rings. The molecule has 2 N–H and O–H groups in total. The van der Waals surface area contributed by atoms with Gasteiger partial charge in [-0.25, -0.2) is 9.59 Å². The van der Waals surface area contributed by atoms with Gasteiger partial charge < -0.3 is 20.1 Å². The number of hydrogen-bond donors (Lipinski definition) is 2. The molecule has 150 valence electrons. The van der Waals surface area contributed by atoms with Gasteiger partial charge in [-0.15, -0.1) is 0 Å². The number of hydrogen-bond acceptors (Lipinski definition) is 10. The number of nitro benzene ring substituents is 2. The van der Waals surface area contributed by atoms with Gasteiger partial charge >= 0.3 is 35.1 Å². The highest BCUT2D eigenvalue weighted by Gasteiger charge is 2.30. The van der Waals surface area contributed by atoms with Gasteiger partial charge in [0.15, 0.2) is 0 Å². The summed E-state index contributed by atoms with van der Waals surface area (Å²) in [5, 5.41) is 26.0. The van der Waals surface area contributed by atoms with E-state index >= 15 is 0 Å². The first-order chi connectivity index (χ1) is 13.1. The van der Waals surface area contributed by atoms with Crippen LogP contribution in [0.5, 0.6) is 0 Å². The maximum atomic E-state index is 11.8. The van der Waals surface area contributed by atoms with E-state index < -0.39 is 56.3 Å². The standard InChI is InChI=1S/C14H14N4O10/c1-3-27-13(21)11(19)15-7-5-9(17(23)24)10(18(25)26)6-8(7)16-12(20)14(22)28-4-2/h5-6H,3-4H2,1-2H3,(H,15,19)(H,16,20). The molecule has 0 unspecified atom stereocenters. The summed E-state index contributed by atoms with van der Waals surface area (Å²) in [7, 11) is 0. The second-order valence-electron chi connectivity index (χ2n) is 4.75. The average Bonchev–Trinajstić information content (AvgIpc) is 2.62. The molecule has 1 aromatic rings. The Morgan fingerprint density at radius 2 is 1.14 bits per heavy atom. The minimum absolute atomic E-state index is 0.140. The second kappa shape index (κ2) is 9.56. The molecule has 0 atom stereocenters. The summed E-state index contributed by atoms with van der Waals surface area (Å²) in [4.78, 5) is 66.3. The van der Waals surface area contributed by atoms with Crippen LogP contribution in [0.25, 0.3) is 0 Å². The van der Waals surface area contributed by atoms with Gasteiger partial charge in [0, 0.05) is 12.1 Å². The summed E-state index contributed by atoms with van der Waals surface area (Å²) in [6.07, 6.45) is 0. The van der Waals surface area contributed by atoms with E-state index in [1.807, 2.05) is 10.6 Å². The quantitative estimate of drug-likeness (QED) is 0.294. The Morgan fingerprint density at radius 3 is 1.39 bits per heavy atom. The zero-order valence-corrected chi connectivity index (χ0v) is 14.5. The van der Waals surface area contributed by atoms with E-state index in [0.29, 0.717) is 12.1 Å². The predicted molar refractivity (Wildman–Crippen MR) is 90.3 cm³/mol. The van der Waals surface area contributed by atoms with Crippen LogP contribution in [0.1, 0.15) is 13.8 Å². The Bertz CT molecular complexity index is 782. The number of anilines is 2. The average molecular weight is 398 g/mol. The molecule has 0 saturated carbocycles. The number of nitrogens with zero attached hydrogens (tertiary/aromatic N) is 2. The fourth-order valence-electron chi connectivity index (χ4n) is 1.82. The number of nitro groups is 2. The molecule has 1 rings (SSSR count). The van der Waals surface area contributed by atoms with Crippen LogP contribution >= 0.6 is 0 Å². The van der Waals surface area contributed by atoms with Crippen LogP contribution in [0.3, 0.4) is 0 Å². The Labute approximate surface area is 156 Å². The normalized spacial score (nSPS) is 9.79.